The second-order valence-electron chi connectivity index (χ2n) is 6.20. The maximum absolute atomic E-state index is 4.48. The minimum atomic E-state index is 0. The van der Waals surface area contributed by atoms with E-state index in [1.807, 2.05) is 25.0 Å². The maximum atomic E-state index is 4.48. The molecule has 2 heterocycles. The SMILES string of the molecule is CCc1cnc(CNC(=NC)N2CCC(CSc3ccccc3)C2)s1.I. The Balaban J connectivity index is 0.00000243. The van der Waals surface area contributed by atoms with Crippen LogP contribution in [0.15, 0.2) is 46.4 Å². The van der Waals surface area contributed by atoms with E-state index in [9.17, 15) is 0 Å². The molecule has 1 saturated heterocycles. The molecule has 0 radical (unpaired) electrons. The first-order chi connectivity index (χ1) is 12.3. The van der Waals surface area contributed by atoms with E-state index in [2.05, 4.69) is 57.4 Å². The number of thioether (sulfide) groups is 1. The summed E-state index contributed by atoms with van der Waals surface area (Å²) in [5, 5.41) is 4.61. The molecule has 1 aliphatic heterocycles. The van der Waals surface area contributed by atoms with Crippen LogP contribution in [0, 0.1) is 5.92 Å². The Morgan fingerprint density at radius 2 is 2.19 bits per heavy atom. The van der Waals surface area contributed by atoms with Crippen molar-refractivity contribution in [2.24, 2.45) is 10.9 Å². The summed E-state index contributed by atoms with van der Waals surface area (Å²) < 4.78 is 0. The number of thiazole rings is 1. The molecular weight excluding hydrogens is 475 g/mol. The van der Waals surface area contributed by atoms with E-state index >= 15 is 0 Å². The first kappa shape index (κ1) is 21.5. The van der Waals surface area contributed by atoms with Crippen molar-refractivity contribution in [3.63, 3.8) is 0 Å². The number of aromatic nitrogens is 1. The summed E-state index contributed by atoms with van der Waals surface area (Å²) in [4.78, 5) is 14.0. The summed E-state index contributed by atoms with van der Waals surface area (Å²) >= 11 is 3.74. The molecule has 1 unspecified atom stereocenters. The van der Waals surface area contributed by atoms with Gasteiger partial charge in [-0.2, -0.15) is 0 Å². The molecule has 0 aliphatic carbocycles. The Hall–Kier alpha value is -0.800. The van der Waals surface area contributed by atoms with Gasteiger partial charge in [-0.1, -0.05) is 25.1 Å². The number of likely N-dealkylation sites (tertiary alicyclic amines) is 1. The molecule has 1 atom stereocenters. The fourth-order valence-corrected chi connectivity index (χ4v) is 4.82. The van der Waals surface area contributed by atoms with Gasteiger partial charge in [-0.05, 0) is 30.9 Å². The minimum absolute atomic E-state index is 0. The largest absolute Gasteiger partial charge is 0.350 e. The summed E-state index contributed by atoms with van der Waals surface area (Å²) in [6.45, 7) is 5.09. The van der Waals surface area contributed by atoms with Crippen LogP contribution >= 0.6 is 47.1 Å². The molecule has 1 aliphatic rings. The number of nitrogens with zero attached hydrogens (tertiary/aromatic N) is 3. The fraction of sp³-hybridized carbons (Fsp3) is 0.474. The summed E-state index contributed by atoms with van der Waals surface area (Å²) in [6, 6.07) is 10.7. The van der Waals surface area contributed by atoms with E-state index in [1.54, 1.807) is 11.3 Å². The third-order valence-corrected chi connectivity index (χ3v) is 6.76. The van der Waals surface area contributed by atoms with Crippen LogP contribution in [-0.4, -0.2) is 41.7 Å². The molecule has 2 aromatic rings. The number of rotatable bonds is 6. The normalized spacial score (nSPS) is 17.2. The average Bonchev–Trinajstić information content (AvgIpc) is 3.31. The van der Waals surface area contributed by atoms with Crippen molar-refractivity contribution in [3.05, 3.63) is 46.4 Å². The number of nitrogens with one attached hydrogen (secondary N) is 1. The Bertz CT molecular complexity index is 690. The molecule has 3 rings (SSSR count). The minimum Gasteiger partial charge on any atom is -0.350 e. The van der Waals surface area contributed by atoms with Gasteiger partial charge in [0.15, 0.2) is 5.96 Å². The highest BCUT2D eigenvalue weighted by Gasteiger charge is 2.24. The van der Waals surface area contributed by atoms with E-state index in [4.69, 9.17) is 0 Å². The van der Waals surface area contributed by atoms with E-state index in [-0.39, 0.29) is 24.0 Å². The van der Waals surface area contributed by atoms with E-state index < -0.39 is 0 Å². The Morgan fingerprint density at radius 1 is 1.38 bits per heavy atom. The maximum Gasteiger partial charge on any atom is 0.194 e. The van der Waals surface area contributed by atoms with Crippen molar-refractivity contribution >= 4 is 53.0 Å². The van der Waals surface area contributed by atoms with Gasteiger partial charge >= 0.3 is 0 Å². The third kappa shape index (κ3) is 6.13. The standard InChI is InChI=1S/C19H26N4S2.HI/c1-3-16-11-21-18(25-16)12-22-19(20-2)23-10-9-15(13-23)14-24-17-7-5-4-6-8-17;/h4-8,11,15H,3,9-10,12-14H2,1-2H3,(H,20,22);1H. The van der Waals surface area contributed by atoms with Crippen LogP contribution in [0.3, 0.4) is 0 Å². The van der Waals surface area contributed by atoms with Gasteiger partial charge < -0.3 is 10.2 Å². The molecule has 0 spiro atoms. The van der Waals surface area contributed by atoms with Crippen LogP contribution < -0.4 is 5.32 Å². The number of hydrogen-bond donors (Lipinski definition) is 1. The number of aliphatic imine (C=N–C) groups is 1. The summed E-state index contributed by atoms with van der Waals surface area (Å²) in [5.41, 5.74) is 0. The van der Waals surface area contributed by atoms with Crippen LogP contribution in [-0.2, 0) is 13.0 Å². The Labute approximate surface area is 181 Å². The Kier molecular flexibility index (Phi) is 9.21. The predicted molar refractivity (Wildman–Crippen MR) is 124 cm³/mol. The van der Waals surface area contributed by atoms with Gasteiger partial charge in [0.2, 0.25) is 0 Å². The number of hydrogen-bond acceptors (Lipinski definition) is 4. The molecule has 4 nitrogen and oxygen atoms in total. The highest BCUT2D eigenvalue weighted by molar-refractivity contribution is 14.0. The zero-order valence-electron chi connectivity index (χ0n) is 15.4. The second-order valence-corrected chi connectivity index (χ2v) is 8.49. The van der Waals surface area contributed by atoms with Gasteiger partial charge in [-0.25, -0.2) is 4.98 Å². The van der Waals surface area contributed by atoms with Gasteiger partial charge in [0.25, 0.3) is 0 Å². The topological polar surface area (TPSA) is 40.5 Å². The number of guanidine groups is 1. The predicted octanol–water partition coefficient (Wildman–Crippen LogP) is 4.51. The molecule has 142 valence electrons. The molecular formula is C19H27IN4S2. The van der Waals surface area contributed by atoms with Crippen LogP contribution in [0.25, 0.3) is 0 Å². The van der Waals surface area contributed by atoms with Gasteiger partial charge in [0, 0.05) is 41.9 Å². The summed E-state index contributed by atoms with van der Waals surface area (Å²) in [6.07, 6.45) is 4.27. The van der Waals surface area contributed by atoms with Gasteiger partial charge in [-0.3, -0.25) is 4.99 Å². The van der Waals surface area contributed by atoms with Crippen molar-refractivity contribution in [2.75, 3.05) is 25.9 Å². The molecule has 26 heavy (non-hydrogen) atoms. The second kappa shape index (κ2) is 11.1. The zero-order valence-corrected chi connectivity index (χ0v) is 19.3. The molecule has 1 fully saturated rings. The lowest BCUT2D eigenvalue weighted by molar-refractivity contribution is 0.474. The van der Waals surface area contributed by atoms with Crippen molar-refractivity contribution in [1.29, 1.82) is 0 Å². The number of halogens is 1. The van der Waals surface area contributed by atoms with E-state index in [1.165, 1.54) is 21.9 Å². The molecule has 7 heteroatoms. The van der Waals surface area contributed by atoms with E-state index in [0.29, 0.717) is 0 Å². The average molecular weight is 502 g/mol. The third-order valence-electron chi connectivity index (χ3n) is 4.37. The quantitative estimate of drug-likeness (QED) is 0.273. The summed E-state index contributed by atoms with van der Waals surface area (Å²) in [7, 11) is 1.87. The van der Waals surface area contributed by atoms with Crippen LogP contribution in [0.1, 0.15) is 23.2 Å². The lowest BCUT2D eigenvalue weighted by atomic mass is 10.2. The monoisotopic (exact) mass is 502 g/mol. The van der Waals surface area contributed by atoms with Crippen molar-refractivity contribution < 1.29 is 0 Å². The fourth-order valence-electron chi connectivity index (χ4n) is 2.97. The van der Waals surface area contributed by atoms with Crippen LogP contribution in [0.5, 0.6) is 0 Å². The lowest BCUT2D eigenvalue weighted by Gasteiger charge is -2.21. The lowest BCUT2D eigenvalue weighted by Crippen LogP contribution is -2.39. The highest BCUT2D eigenvalue weighted by atomic mass is 127. The number of benzene rings is 1. The smallest absolute Gasteiger partial charge is 0.194 e. The first-order valence-corrected chi connectivity index (χ1v) is 10.7. The molecule has 0 bridgehead atoms. The van der Waals surface area contributed by atoms with Gasteiger partial charge in [-0.15, -0.1) is 47.1 Å². The van der Waals surface area contributed by atoms with E-state index in [0.717, 1.165) is 42.9 Å². The number of aryl methyl sites for hydroxylation is 1. The van der Waals surface area contributed by atoms with Crippen LogP contribution in [0.2, 0.25) is 0 Å². The van der Waals surface area contributed by atoms with Gasteiger partial charge in [0.1, 0.15) is 5.01 Å². The van der Waals surface area contributed by atoms with Gasteiger partial charge in [0.05, 0.1) is 6.54 Å². The summed E-state index contributed by atoms with van der Waals surface area (Å²) in [5.74, 6) is 2.89. The first-order valence-electron chi connectivity index (χ1n) is 8.85. The molecule has 0 saturated carbocycles. The molecule has 0 amide bonds. The van der Waals surface area contributed by atoms with Crippen LogP contribution in [0.4, 0.5) is 0 Å². The van der Waals surface area contributed by atoms with Crippen molar-refractivity contribution in [3.8, 4) is 0 Å². The molecule has 1 aromatic carbocycles. The molecule has 1 aromatic heterocycles. The molecule has 1 N–H and O–H groups in total. The zero-order chi connectivity index (χ0) is 17.5. The van der Waals surface area contributed by atoms with Crippen molar-refractivity contribution in [1.82, 2.24) is 15.2 Å². The highest BCUT2D eigenvalue weighted by Crippen LogP contribution is 2.26. The van der Waals surface area contributed by atoms with Crippen molar-refractivity contribution in [2.45, 2.75) is 31.2 Å². The Morgan fingerprint density at radius 3 is 2.88 bits per heavy atom.